The Labute approximate surface area is 150 Å². The van der Waals surface area contributed by atoms with Crippen LogP contribution in [0.5, 0.6) is 0 Å². The summed E-state index contributed by atoms with van der Waals surface area (Å²) < 4.78 is 0. The number of nitrogens with zero attached hydrogens (tertiary/aromatic N) is 1. The highest BCUT2D eigenvalue weighted by Crippen LogP contribution is 2.15. The van der Waals surface area contributed by atoms with Crippen molar-refractivity contribution in [2.24, 2.45) is 0 Å². The predicted octanol–water partition coefficient (Wildman–Crippen LogP) is 3.11. The first-order valence-corrected chi connectivity index (χ1v) is 7.32. The molecule has 8 nitrogen and oxygen atoms in total. The van der Waals surface area contributed by atoms with Crippen molar-refractivity contribution in [2.75, 3.05) is 16.4 Å². The number of nitro groups is 1. The number of hydrogen-bond donors (Lipinski definition) is 3. The van der Waals surface area contributed by atoms with Gasteiger partial charge in [-0.1, -0.05) is 13.2 Å². The SMILES string of the molecule is C=CC(=O)Nc1ccc(N)cc1.C=CC(=O)Nc1ccc([N+](=O)[O-])cc1. The van der Waals surface area contributed by atoms with Crippen LogP contribution in [0.4, 0.5) is 22.7 Å². The molecule has 0 aliphatic rings. The summed E-state index contributed by atoms with van der Waals surface area (Å²) in [5.74, 6) is -0.571. The number of nitrogens with two attached hydrogens (primary N) is 1. The number of rotatable bonds is 5. The molecule has 134 valence electrons. The van der Waals surface area contributed by atoms with Crippen LogP contribution in [0.3, 0.4) is 0 Å². The summed E-state index contributed by atoms with van der Waals surface area (Å²) in [5.41, 5.74) is 7.33. The van der Waals surface area contributed by atoms with Gasteiger partial charge in [0.1, 0.15) is 0 Å². The van der Waals surface area contributed by atoms with E-state index in [0.29, 0.717) is 17.1 Å². The molecule has 0 aromatic heterocycles. The van der Waals surface area contributed by atoms with Gasteiger partial charge in [0.2, 0.25) is 11.8 Å². The molecule has 0 unspecified atom stereocenters. The normalized spacial score (nSPS) is 9.08. The van der Waals surface area contributed by atoms with Gasteiger partial charge in [0, 0.05) is 29.2 Å². The molecular formula is C18H18N4O4. The van der Waals surface area contributed by atoms with E-state index in [2.05, 4.69) is 23.8 Å². The zero-order valence-electron chi connectivity index (χ0n) is 13.8. The van der Waals surface area contributed by atoms with E-state index >= 15 is 0 Å². The molecule has 0 aliphatic carbocycles. The third-order valence-corrected chi connectivity index (χ3v) is 2.89. The van der Waals surface area contributed by atoms with Crippen molar-refractivity contribution in [3.8, 4) is 0 Å². The van der Waals surface area contributed by atoms with Gasteiger partial charge < -0.3 is 16.4 Å². The molecule has 0 spiro atoms. The van der Waals surface area contributed by atoms with Gasteiger partial charge in [-0.3, -0.25) is 19.7 Å². The van der Waals surface area contributed by atoms with Gasteiger partial charge in [-0.2, -0.15) is 0 Å². The number of amides is 2. The number of carbonyl (C=O) groups excluding carboxylic acids is 2. The van der Waals surface area contributed by atoms with E-state index in [-0.39, 0.29) is 17.5 Å². The minimum Gasteiger partial charge on any atom is -0.399 e. The monoisotopic (exact) mass is 354 g/mol. The van der Waals surface area contributed by atoms with Crippen LogP contribution in [0, 0.1) is 10.1 Å². The predicted molar refractivity (Wildman–Crippen MR) is 102 cm³/mol. The maximum Gasteiger partial charge on any atom is 0.269 e. The number of benzene rings is 2. The molecule has 0 saturated carbocycles. The molecule has 2 amide bonds. The first kappa shape index (κ1) is 20.1. The first-order chi connectivity index (χ1) is 12.3. The average molecular weight is 354 g/mol. The second-order valence-electron chi connectivity index (χ2n) is 4.81. The molecule has 0 bridgehead atoms. The maximum absolute atomic E-state index is 10.8. The Morgan fingerprint density at radius 3 is 1.62 bits per heavy atom. The van der Waals surface area contributed by atoms with Crippen LogP contribution >= 0.6 is 0 Å². The highest BCUT2D eigenvalue weighted by atomic mass is 16.6. The zero-order valence-corrected chi connectivity index (χ0v) is 13.8. The van der Waals surface area contributed by atoms with Crippen LogP contribution in [0.1, 0.15) is 0 Å². The van der Waals surface area contributed by atoms with E-state index < -0.39 is 4.92 Å². The molecular weight excluding hydrogens is 336 g/mol. The summed E-state index contributed by atoms with van der Waals surface area (Å²) in [6.07, 6.45) is 2.35. The number of non-ortho nitro benzene ring substituents is 1. The van der Waals surface area contributed by atoms with Crippen LogP contribution in [-0.2, 0) is 9.59 Å². The first-order valence-electron chi connectivity index (χ1n) is 7.32. The summed E-state index contributed by atoms with van der Waals surface area (Å²) in [4.78, 5) is 31.4. The van der Waals surface area contributed by atoms with Crippen molar-refractivity contribution in [1.82, 2.24) is 0 Å². The van der Waals surface area contributed by atoms with Crippen LogP contribution in [0.15, 0.2) is 73.8 Å². The molecule has 4 N–H and O–H groups in total. The van der Waals surface area contributed by atoms with Crippen LogP contribution in [0.25, 0.3) is 0 Å². The van der Waals surface area contributed by atoms with Gasteiger partial charge in [0.15, 0.2) is 0 Å². The summed E-state index contributed by atoms with van der Waals surface area (Å²) in [5, 5.41) is 15.4. The van der Waals surface area contributed by atoms with Crippen LogP contribution in [0.2, 0.25) is 0 Å². The molecule has 2 aromatic carbocycles. The molecule has 0 atom stereocenters. The molecule has 0 fully saturated rings. The van der Waals surface area contributed by atoms with E-state index in [4.69, 9.17) is 5.73 Å². The third kappa shape index (κ3) is 7.09. The number of anilines is 3. The second-order valence-corrected chi connectivity index (χ2v) is 4.81. The summed E-state index contributed by atoms with van der Waals surface area (Å²) in [7, 11) is 0. The molecule has 0 saturated heterocycles. The van der Waals surface area contributed by atoms with Gasteiger partial charge in [0.05, 0.1) is 4.92 Å². The average Bonchev–Trinajstić information content (AvgIpc) is 2.64. The molecule has 0 aliphatic heterocycles. The van der Waals surface area contributed by atoms with Crippen molar-refractivity contribution in [2.45, 2.75) is 0 Å². The maximum atomic E-state index is 10.8. The fourth-order valence-corrected chi connectivity index (χ4v) is 1.62. The molecule has 8 heteroatoms. The van der Waals surface area contributed by atoms with E-state index in [1.54, 1.807) is 24.3 Å². The number of carbonyl (C=O) groups is 2. The van der Waals surface area contributed by atoms with E-state index in [0.717, 1.165) is 6.08 Å². The van der Waals surface area contributed by atoms with Crippen molar-refractivity contribution in [1.29, 1.82) is 0 Å². The Morgan fingerprint density at radius 2 is 1.27 bits per heavy atom. The molecule has 26 heavy (non-hydrogen) atoms. The minimum absolute atomic E-state index is 0.0124. The van der Waals surface area contributed by atoms with Crippen molar-refractivity contribution >= 4 is 34.6 Å². The van der Waals surface area contributed by atoms with Crippen molar-refractivity contribution in [3.63, 3.8) is 0 Å². The standard InChI is InChI=1S/C9H8N2O3.C9H10N2O/c1-2-9(12)10-7-3-5-8(6-4-7)11(13)14;1-2-9(12)11-8-5-3-7(10)4-6-8/h2-6H,1H2,(H,10,12);2-6H,1,10H2,(H,11,12). The molecule has 0 heterocycles. The minimum atomic E-state index is -0.501. The van der Waals surface area contributed by atoms with E-state index in [1.807, 2.05) is 0 Å². The lowest BCUT2D eigenvalue weighted by Crippen LogP contribution is -2.06. The van der Waals surface area contributed by atoms with Gasteiger partial charge in [0.25, 0.3) is 5.69 Å². The van der Waals surface area contributed by atoms with Crippen molar-refractivity contribution in [3.05, 3.63) is 84.0 Å². The highest BCUT2D eigenvalue weighted by molar-refractivity contribution is 5.99. The Hall–Kier alpha value is -3.94. The summed E-state index contributed by atoms with van der Waals surface area (Å²) in [6.45, 7) is 6.62. The van der Waals surface area contributed by atoms with Gasteiger partial charge in [-0.15, -0.1) is 0 Å². The number of nitro benzene ring substituents is 1. The highest BCUT2D eigenvalue weighted by Gasteiger charge is 2.04. The van der Waals surface area contributed by atoms with E-state index in [1.165, 1.54) is 30.3 Å². The van der Waals surface area contributed by atoms with Crippen LogP contribution in [-0.4, -0.2) is 16.7 Å². The van der Waals surface area contributed by atoms with Crippen molar-refractivity contribution < 1.29 is 14.5 Å². The largest absolute Gasteiger partial charge is 0.399 e. The lowest BCUT2D eigenvalue weighted by atomic mass is 10.3. The molecule has 2 rings (SSSR count). The molecule has 2 aromatic rings. The second kappa shape index (κ2) is 10.0. The number of nitrogens with one attached hydrogen (secondary N) is 2. The Balaban J connectivity index is 0.000000263. The smallest absolute Gasteiger partial charge is 0.269 e. The zero-order chi connectivity index (χ0) is 19.5. The Morgan fingerprint density at radius 1 is 0.885 bits per heavy atom. The fourth-order valence-electron chi connectivity index (χ4n) is 1.62. The number of hydrogen-bond acceptors (Lipinski definition) is 5. The summed E-state index contributed by atoms with van der Waals surface area (Å²) in [6, 6.07) is 12.5. The van der Waals surface area contributed by atoms with E-state index in [9.17, 15) is 19.7 Å². The lowest BCUT2D eigenvalue weighted by molar-refractivity contribution is -0.384. The van der Waals surface area contributed by atoms with Crippen LogP contribution < -0.4 is 16.4 Å². The quantitative estimate of drug-likeness (QED) is 0.329. The number of nitrogen functional groups attached to an aromatic ring is 1. The van der Waals surface area contributed by atoms with Gasteiger partial charge >= 0.3 is 0 Å². The summed E-state index contributed by atoms with van der Waals surface area (Å²) >= 11 is 0. The Bertz CT molecular complexity index is 799. The lowest BCUT2D eigenvalue weighted by Gasteiger charge is -2.00. The van der Waals surface area contributed by atoms with Gasteiger partial charge in [-0.05, 0) is 48.6 Å². The molecule has 0 radical (unpaired) electrons. The third-order valence-electron chi connectivity index (χ3n) is 2.89. The Kier molecular flexibility index (Phi) is 7.76. The fraction of sp³-hybridized carbons (Fsp3) is 0. The van der Waals surface area contributed by atoms with Gasteiger partial charge in [-0.25, -0.2) is 0 Å². The topological polar surface area (TPSA) is 127 Å².